The number of carbonyl (C=O) groups excluding carboxylic acids is 1. The van der Waals surface area contributed by atoms with Crippen LogP contribution in [0, 0.1) is 15.2 Å². The second-order valence-electron chi connectivity index (χ2n) is 3.66. The molecule has 2 aromatic carbocycles. The molecule has 0 saturated carbocycles. The Balaban J connectivity index is 2.58. The van der Waals surface area contributed by atoms with Crippen LogP contribution in [0.3, 0.4) is 0 Å². The molecule has 0 saturated heterocycles. The van der Waals surface area contributed by atoms with E-state index in [9.17, 15) is 13.6 Å². The van der Waals surface area contributed by atoms with Crippen LogP contribution in [0.1, 0.15) is 15.9 Å². The number of halogens is 3. The van der Waals surface area contributed by atoms with Gasteiger partial charge in [-0.15, -0.1) is 0 Å². The highest BCUT2D eigenvalue weighted by Crippen LogP contribution is 2.22. The van der Waals surface area contributed by atoms with Crippen molar-refractivity contribution in [3.05, 3.63) is 62.7 Å². The Labute approximate surface area is 116 Å². The normalized spacial score (nSPS) is 10.4. The predicted molar refractivity (Wildman–Crippen MR) is 73.4 cm³/mol. The maximum absolute atomic E-state index is 13.5. The van der Waals surface area contributed by atoms with Crippen molar-refractivity contribution in [2.75, 3.05) is 5.73 Å². The highest BCUT2D eigenvalue weighted by Gasteiger charge is 2.20. The lowest BCUT2D eigenvalue weighted by atomic mass is 10.0. The molecule has 2 aromatic rings. The van der Waals surface area contributed by atoms with Gasteiger partial charge in [-0.1, -0.05) is 6.07 Å². The van der Waals surface area contributed by atoms with Gasteiger partial charge in [0.05, 0.1) is 5.56 Å². The van der Waals surface area contributed by atoms with Crippen molar-refractivity contribution in [2.24, 2.45) is 0 Å². The molecule has 0 amide bonds. The minimum atomic E-state index is -0.890. The molecule has 92 valence electrons. The zero-order chi connectivity index (χ0) is 13.3. The van der Waals surface area contributed by atoms with Crippen molar-refractivity contribution < 1.29 is 13.6 Å². The van der Waals surface area contributed by atoms with E-state index in [2.05, 4.69) is 0 Å². The Morgan fingerprint density at radius 3 is 2.33 bits per heavy atom. The van der Waals surface area contributed by atoms with Gasteiger partial charge in [-0.25, -0.2) is 8.78 Å². The van der Waals surface area contributed by atoms with E-state index in [4.69, 9.17) is 5.73 Å². The standard InChI is InChI=1S/C13H8F2INO/c14-9-2-1-3-10(15)12(9)13(18)8-6-7(16)4-5-11(8)17/h1-6H,17H2. The average molecular weight is 359 g/mol. The van der Waals surface area contributed by atoms with Gasteiger partial charge < -0.3 is 5.73 Å². The lowest BCUT2D eigenvalue weighted by Crippen LogP contribution is -2.10. The largest absolute Gasteiger partial charge is 0.398 e. The minimum absolute atomic E-state index is 0.103. The summed E-state index contributed by atoms with van der Waals surface area (Å²) in [6, 6.07) is 8.04. The van der Waals surface area contributed by atoms with Gasteiger partial charge in [0.25, 0.3) is 0 Å². The zero-order valence-electron chi connectivity index (χ0n) is 9.08. The number of benzene rings is 2. The Morgan fingerprint density at radius 1 is 1.11 bits per heavy atom. The van der Waals surface area contributed by atoms with E-state index in [0.29, 0.717) is 0 Å². The molecule has 2 rings (SSSR count). The van der Waals surface area contributed by atoms with Gasteiger partial charge in [0.1, 0.15) is 11.6 Å². The molecular formula is C13H8F2INO. The summed E-state index contributed by atoms with van der Waals surface area (Å²) in [5.74, 6) is -2.53. The van der Waals surface area contributed by atoms with Crippen LogP contribution in [0.2, 0.25) is 0 Å². The van der Waals surface area contributed by atoms with Gasteiger partial charge in [-0.2, -0.15) is 0 Å². The molecule has 18 heavy (non-hydrogen) atoms. The van der Waals surface area contributed by atoms with Gasteiger partial charge in [-0.05, 0) is 52.9 Å². The van der Waals surface area contributed by atoms with E-state index in [1.807, 2.05) is 22.6 Å². The maximum atomic E-state index is 13.5. The Bertz CT molecular complexity index is 608. The highest BCUT2D eigenvalue weighted by molar-refractivity contribution is 14.1. The smallest absolute Gasteiger partial charge is 0.201 e. The highest BCUT2D eigenvalue weighted by atomic mass is 127. The molecule has 0 unspecified atom stereocenters. The summed E-state index contributed by atoms with van der Waals surface area (Å²) in [5.41, 5.74) is 5.38. The summed E-state index contributed by atoms with van der Waals surface area (Å²) >= 11 is 2.00. The summed E-state index contributed by atoms with van der Waals surface area (Å²) in [7, 11) is 0. The van der Waals surface area contributed by atoms with Crippen LogP contribution in [0.4, 0.5) is 14.5 Å². The fourth-order valence-electron chi connectivity index (χ4n) is 1.57. The van der Waals surface area contributed by atoms with Crippen molar-refractivity contribution in [1.29, 1.82) is 0 Å². The van der Waals surface area contributed by atoms with E-state index < -0.39 is 23.0 Å². The third-order valence-electron chi connectivity index (χ3n) is 2.45. The summed E-state index contributed by atoms with van der Waals surface area (Å²) in [6.45, 7) is 0. The van der Waals surface area contributed by atoms with Gasteiger partial charge in [0.15, 0.2) is 0 Å². The molecule has 0 bridgehead atoms. The van der Waals surface area contributed by atoms with E-state index in [1.54, 1.807) is 6.07 Å². The first-order valence-corrected chi connectivity index (χ1v) is 6.12. The molecule has 0 aliphatic rings. The molecule has 5 heteroatoms. The molecule has 2 N–H and O–H groups in total. The lowest BCUT2D eigenvalue weighted by molar-refractivity contribution is 0.103. The fourth-order valence-corrected chi connectivity index (χ4v) is 2.07. The van der Waals surface area contributed by atoms with Crippen LogP contribution in [0.15, 0.2) is 36.4 Å². The zero-order valence-corrected chi connectivity index (χ0v) is 11.2. The average Bonchev–Trinajstić information content (AvgIpc) is 2.32. The number of ketones is 1. The molecule has 0 aliphatic carbocycles. The predicted octanol–water partition coefficient (Wildman–Crippen LogP) is 3.38. The summed E-state index contributed by atoms with van der Waals surface area (Å²) in [4.78, 5) is 12.1. The third kappa shape index (κ3) is 2.35. The summed E-state index contributed by atoms with van der Waals surface area (Å²) in [5, 5.41) is 0. The number of hydrogen-bond acceptors (Lipinski definition) is 2. The number of nitrogen functional groups attached to an aromatic ring is 1. The SMILES string of the molecule is Nc1ccc(I)cc1C(=O)c1c(F)cccc1F. The first-order valence-electron chi connectivity index (χ1n) is 5.04. The molecule has 0 radical (unpaired) electrons. The van der Waals surface area contributed by atoms with Crippen LogP contribution < -0.4 is 5.73 Å². The van der Waals surface area contributed by atoms with Crippen molar-refractivity contribution in [2.45, 2.75) is 0 Å². The van der Waals surface area contributed by atoms with E-state index in [-0.39, 0.29) is 11.3 Å². The van der Waals surface area contributed by atoms with Gasteiger partial charge in [-0.3, -0.25) is 4.79 Å². The van der Waals surface area contributed by atoms with Crippen LogP contribution in [-0.2, 0) is 0 Å². The van der Waals surface area contributed by atoms with Gasteiger partial charge in [0, 0.05) is 14.8 Å². The Kier molecular flexibility index (Phi) is 3.60. The molecule has 0 spiro atoms. The van der Waals surface area contributed by atoms with E-state index in [1.165, 1.54) is 18.2 Å². The molecule has 0 aromatic heterocycles. The van der Waals surface area contributed by atoms with Gasteiger partial charge >= 0.3 is 0 Å². The number of carbonyl (C=O) groups is 1. The second-order valence-corrected chi connectivity index (χ2v) is 4.90. The number of nitrogens with two attached hydrogens (primary N) is 1. The van der Waals surface area contributed by atoms with Crippen LogP contribution in [0.5, 0.6) is 0 Å². The van der Waals surface area contributed by atoms with Crippen LogP contribution in [0.25, 0.3) is 0 Å². The molecular weight excluding hydrogens is 351 g/mol. The molecule has 0 aliphatic heterocycles. The topological polar surface area (TPSA) is 43.1 Å². The van der Waals surface area contributed by atoms with E-state index >= 15 is 0 Å². The molecule has 0 heterocycles. The summed E-state index contributed by atoms with van der Waals surface area (Å²) in [6.07, 6.45) is 0. The quantitative estimate of drug-likeness (QED) is 0.508. The lowest BCUT2D eigenvalue weighted by Gasteiger charge is -2.07. The third-order valence-corrected chi connectivity index (χ3v) is 3.12. The van der Waals surface area contributed by atoms with Crippen LogP contribution in [-0.4, -0.2) is 5.78 Å². The monoisotopic (exact) mass is 359 g/mol. The first-order chi connectivity index (χ1) is 8.50. The Morgan fingerprint density at radius 2 is 1.72 bits per heavy atom. The first kappa shape index (κ1) is 12.9. The number of rotatable bonds is 2. The summed E-state index contributed by atoms with van der Waals surface area (Å²) < 4.78 is 27.8. The van der Waals surface area contributed by atoms with Gasteiger partial charge in [0.2, 0.25) is 5.78 Å². The maximum Gasteiger partial charge on any atom is 0.201 e. The molecule has 0 atom stereocenters. The van der Waals surface area contributed by atoms with E-state index in [0.717, 1.165) is 15.7 Å². The van der Waals surface area contributed by atoms with Crippen molar-refractivity contribution >= 4 is 34.1 Å². The number of anilines is 1. The second kappa shape index (κ2) is 5.01. The minimum Gasteiger partial charge on any atom is -0.398 e. The van der Waals surface area contributed by atoms with Crippen molar-refractivity contribution in [3.8, 4) is 0 Å². The molecule has 0 fully saturated rings. The number of hydrogen-bond donors (Lipinski definition) is 1. The fraction of sp³-hybridized carbons (Fsp3) is 0. The molecule has 2 nitrogen and oxygen atoms in total. The van der Waals surface area contributed by atoms with Crippen molar-refractivity contribution in [3.63, 3.8) is 0 Å². The van der Waals surface area contributed by atoms with Crippen molar-refractivity contribution in [1.82, 2.24) is 0 Å². The van der Waals surface area contributed by atoms with Crippen LogP contribution >= 0.6 is 22.6 Å². The Hall–Kier alpha value is -1.50.